The predicted molar refractivity (Wildman–Crippen MR) is 230 cm³/mol. The molecule has 0 spiro atoms. The van der Waals surface area contributed by atoms with Gasteiger partial charge in [-0.15, -0.1) is 12.4 Å². The molecule has 0 saturated carbocycles. The number of benzene rings is 2. The molecule has 4 aliphatic rings. The summed E-state index contributed by atoms with van der Waals surface area (Å²) in [6.07, 6.45) is 3.87. The van der Waals surface area contributed by atoms with Crippen molar-refractivity contribution < 1.29 is 38.7 Å². The number of fused-ring (bicyclic) bond motifs is 3. The molecule has 16 heteroatoms. The van der Waals surface area contributed by atoms with Crippen molar-refractivity contribution in [1.82, 2.24) is 36.0 Å². The van der Waals surface area contributed by atoms with Crippen LogP contribution < -0.4 is 21.3 Å². The van der Waals surface area contributed by atoms with Gasteiger partial charge in [0, 0.05) is 32.5 Å². The first-order valence-corrected chi connectivity index (χ1v) is 21.8. The van der Waals surface area contributed by atoms with Crippen LogP contribution in [0.1, 0.15) is 90.2 Å². The molecule has 2 aromatic carbocycles. The Morgan fingerprint density at radius 1 is 0.541 bits per heavy atom. The number of aromatic hydroxyl groups is 1. The Hall–Kier alpha value is -5.18. The van der Waals surface area contributed by atoms with Gasteiger partial charge in [-0.2, -0.15) is 0 Å². The number of hydrogen-bond acceptors (Lipinski definition) is 8. The van der Waals surface area contributed by atoms with Crippen molar-refractivity contribution in [1.29, 1.82) is 0 Å². The van der Waals surface area contributed by atoms with Gasteiger partial charge < -0.3 is 41.1 Å². The van der Waals surface area contributed by atoms with E-state index in [9.17, 15) is 38.7 Å². The van der Waals surface area contributed by atoms with E-state index < -0.39 is 83.6 Å². The zero-order valence-electron chi connectivity index (χ0n) is 35.6. The number of nitrogens with zero attached hydrogens (tertiary/aromatic N) is 3. The molecule has 5 N–H and O–H groups in total. The predicted octanol–water partition coefficient (Wildman–Crippen LogP) is 2.62. The second-order valence-electron chi connectivity index (χ2n) is 17.0. The van der Waals surface area contributed by atoms with Crippen LogP contribution in [0.3, 0.4) is 0 Å². The van der Waals surface area contributed by atoms with E-state index in [1.54, 1.807) is 12.1 Å². The van der Waals surface area contributed by atoms with Crippen molar-refractivity contribution in [2.75, 3.05) is 19.6 Å². The van der Waals surface area contributed by atoms with Crippen LogP contribution in [-0.2, 0) is 46.4 Å². The van der Waals surface area contributed by atoms with Crippen LogP contribution in [0, 0.1) is 11.8 Å². The molecule has 7 amide bonds. The van der Waals surface area contributed by atoms with Gasteiger partial charge in [-0.25, -0.2) is 0 Å². The van der Waals surface area contributed by atoms with Gasteiger partial charge in [0.25, 0.3) is 0 Å². The molecule has 6 rings (SSSR count). The van der Waals surface area contributed by atoms with Crippen molar-refractivity contribution >= 4 is 53.8 Å². The zero-order chi connectivity index (χ0) is 43.1. The topological polar surface area (TPSA) is 198 Å². The molecule has 0 aromatic heterocycles. The lowest BCUT2D eigenvalue weighted by atomic mass is 9.94. The van der Waals surface area contributed by atoms with Gasteiger partial charge in [-0.1, -0.05) is 83.0 Å². The summed E-state index contributed by atoms with van der Waals surface area (Å²) < 4.78 is 0. The van der Waals surface area contributed by atoms with Crippen molar-refractivity contribution in [2.24, 2.45) is 11.8 Å². The highest BCUT2D eigenvalue weighted by Gasteiger charge is 2.45. The first-order valence-electron chi connectivity index (χ1n) is 21.8. The van der Waals surface area contributed by atoms with E-state index in [-0.39, 0.29) is 62.5 Å². The van der Waals surface area contributed by atoms with Crippen LogP contribution >= 0.6 is 12.4 Å². The molecular formula is C45H62ClN7O8. The summed E-state index contributed by atoms with van der Waals surface area (Å²) in [5, 5.41) is 21.8. The van der Waals surface area contributed by atoms with E-state index in [1.165, 1.54) is 26.8 Å². The van der Waals surface area contributed by atoms with Gasteiger partial charge in [-0.05, 0) is 73.6 Å². The third-order valence-electron chi connectivity index (χ3n) is 13.0. The van der Waals surface area contributed by atoms with E-state index in [1.807, 2.05) is 58.0 Å². The summed E-state index contributed by atoms with van der Waals surface area (Å²) in [7, 11) is 0. The van der Waals surface area contributed by atoms with Gasteiger partial charge in [0.05, 0.1) is 0 Å². The Morgan fingerprint density at radius 2 is 0.934 bits per heavy atom. The molecule has 332 valence electrons. The quantitative estimate of drug-likeness (QED) is 0.267. The number of phenols is 1. The fourth-order valence-corrected chi connectivity index (χ4v) is 9.02. The number of hydrogen-bond donors (Lipinski definition) is 5. The summed E-state index contributed by atoms with van der Waals surface area (Å²) in [6.45, 7) is 8.30. The maximum Gasteiger partial charge on any atom is 0.246 e. The number of amides is 7. The van der Waals surface area contributed by atoms with E-state index in [4.69, 9.17) is 0 Å². The minimum Gasteiger partial charge on any atom is -0.508 e. The molecule has 4 fully saturated rings. The standard InChI is InChI=1S/C45H61N7O8.ClH/c1-5-27(3)37-42(57)49-38(28(4)6-2)45(60)52-24-12-16-35(52)40(55)47-33(26-30-18-20-31(53)21-19-30)44(59)50-22-10-15-34(50)39(54)46-32(25-29-13-8-7-9-14-29)43(58)51-23-11-17-36(51)41(56)48-37;/h7-9,13-14,18-21,27-28,32-38,53H,5-6,10-12,15-17,22-26H2,1-4H3,(H,46,54)(H,47,55)(H,48,56)(H,49,57);1H/t27-,28-,32-,33-,34-,35-,36-,37-,38-;/m0./s1. The monoisotopic (exact) mass is 863 g/mol. The Labute approximate surface area is 364 Å². The van der Waals surface area contributed by atoms with Crippen molar-refractivity contribution in [3.63, 3.8) is 0 Å². The summed E-state index contributed by atoms with van der Waals surface area (Å²) in [4.78, 5) is 105. The van der Waals surface area contributed by atoms with Crippen LogP contribution in [0.25, 0.3) is 0 Å². The van der Waals surface area contributed by atoms with Crippen molar-refractivity contribution in [3.8, 4) is 5.75 Å². The highest BCUT2D eigenvalue weighted by molar-refractivity contribution is 5.99. The van der Waals surface area contributed by atoms with E-state index in [0.717, 1.165) is 5.56 Å². The maximum absolute atomic E-state index is 14.6. The van der Waals surface area contributed by atoms with Crippen LogP contribution in [0.4, 0.5) is 0 Å². The molecule has 0 unspecified atom stereocenters. The summed E-state index contributed by atoms with van der Waals surface area (Å²) in [5.41, 5.74) is 1.45. The van der Waals surface area contributed by atoms with Crippen LogP contribution in [0.2, 0.25) is 0 Å². The van der Waals surface area contributed by atoms with Crippen LogP contribution in [-0.4, -0.2) is 123 Å². The average molecular weight is 864 g/mol. The molecule has 4 aliphatic heterocycles. The second-order valence-corrected chi connectivity index (χ2v) is 17.0. The Balaban J connectivity index is 0.00000704. The van der Waals surface area contributed by atoms with Gasteiger partial charge >= 0.3 is 0 Å². The fourth-order valence-electron chi connectivity index (χ4n) is 9.02. The minimum absolute atomic E-state index is 0. The van der Waals surface area contributed by atoms with E-state index >= 15 is 0 Å². The second kappa shape index (κ2) is 21.1. The molecule has 0 aliphatic carbocycles. The smallest absolute Gasteiger partial charge is 0.246 e. The lowest BCUT2D eigenvalue weighted by Gasteiger charge is -2.34. The number of nitrogens with one attached hydrogen (secondary N) is 4. The third kappa shape index (κ3) is 10.8. The lowest BCUT2D eigenvalue weighted by molar-refractivity contribution is -0.145. The van der Waals surface area contributed by atoms with Crippen molar-refractivity contribution in [3.05, 3.63) is 65.7 Å². The SMILES string of the molecule is CC[C@H](C)[C@@H]1NC(=O)[C@@H]2CCCN2C(=O)[C@H](Cc2ccccc2)NC(=O)[C@@H]2CCCN2C(=O)[C@H](Cc2ccc(O)cc2)NC(=O)[C@@H]2CCCN2C(=O)[C@H]([C@@H](C)CC)NC1=O.Cl. The minimum atomic E-state index is -1.13. The van der Waals surface area contributed by atoms with E-state index in [2.05, 4.69) is 21.3 Å². The van der Waals surface area contributed by atoms with Gasteiger partial charge in [0.1, 0.15) is 48.0 Å². The lowest BCUT2D eigenvalue weighted by Crippen LogP contribution is -2.61. The summed E-state index contributed by atoms with van der Waals surface area (Å²) >= 11 is 0. The largest absolute Gasteiger partial charge is 0.508 e. The Bertz CT molecular complexity index is 1900. The highest BCUT2D eigenvalue weighted by Crippen LogP contribution is 2.26. The third-order valence-corrected chi connectivity index (χ3v) is 13.0. The number of halogens is 1. The number of phenolic OH excluding ortho intramolecular Hbond substituents is 1. The number of carbonyl (C=O) groups excluding carboxylic acids is 7. The number of rotatable bonds is 8. The maximum atomic E-state index is 14.6. The number of carbonyl (C=O) groups is 7. The van der Waals surface area contributed by atoms with Crippen molar-refractivity contribution in [2.45, 2.75) is 134 Å². The van der Waals surface area contributed by atoms with Crippen LogP contribution in [0.5, 0.6) is 5.75 Å². The summed E-state index contributed by atoms with van der Waals surface area (Å²) in [6, 6.07) is 8.54. The van der Waals surface area contributed by atoms with Gasteiger partial charge in [-0.3, -0.25) is 33.6 Å². The fraction of sp³-hybridized carbons (Fsp3) is 0.578. The molecule has 0 radical (unpaired) electrons. The molecule has 4 saturated heterocycles. The van der Waals surface area contributed by atoms with Gasteiger partial charge in [0.2, 0.25) is 41.4 Å². The molecule has 9 atom stereocenters. The van der Waals surface area contributed by atoms with Gasteiger partial charge in [0.15, 0.2) is 0 Å². The van der Waals surface area contributed by atoms with E-state index in [0.29, 0.717) is 56.9 Å². The molecule has 4 heterocycles. The average Bonchev–Trinajstić information content (AvgIpc) is 4.06. The van der Waals surface area contributed by atoms with Crippen LogP contribution in [0.15, 0.2) is 54.6 Å². The normalized spacial score (nSPS) is 28.0. The molecular weight excluding hydrogens is 802 g/mol. The molecule has 15 nitrogen and oxygen atoms in total. The first-order chi connectivity index (χ1) is 28.8. The highest BCUT2D eigenvalue weighted by atomic mass is 35.5. The zero-order valence-corrected chi connectivity index (χ0v) is 36.5. The Kier molecular flexibility index (Phi) is 16.2. The first kappa shape index (κ1) is 46.9. The Morgan fingerprint density at radius 3 is 1.39 bits per heavy atom. The molecule has 2 aromatic rings. The summed E-state index contributed by atoms with van der Waals surface area (Å²) in [5.74, 6) is -4.06. The molecule has 0 bridgehead atoms. The molecule has 61 heavy (non-hydrogen) atoms.